The highest BCUT2D eigenvalue weighted by Gasteiger charge is 2.48. The Hall–Kier alpha value is -0.190. The molecule has 3 heterocycles. The zero-order valence-corrected chi connectivity index (χ0v) is 14.8. The molecule has 0 unspecified atom stereocenters. The van der Waals surface area contributed by atoms with E-state index in [1.807, 2.05) is 4.90 Å². The van der Waals surface area contributed by atoms with E-state index in [1.165, 1.54) is 12.1 Å². The van der Waals surface area contributed by atoms with Crippen molar-refractivity contribution in [3.05, 3.63) is 16.5 Å². The van der Waals surface area contributed by atoms with Crippen LogP contribution in [-0.4, -0.2) is 70.8 Å². The largest absolute Gasteiger partial charge is 0.379 e. The second-order valence-corrected chi connectivity index (χ2v) is 11.7. The van der Waals surface area contributed by atoms with Crippen LogP contribution in [0.1, 0.15) is 0 Å². The minimum absolute atomic E-state index is 0.115. The highest BCUT2D eigenvalue weighted by Crippen LogP contribution is 2.34. The first-order chi connectivity index (χ1) is 10.3. The Morgan fingerprint density at radius 3 is 2.50 bits per heavy atom. The van der Waals surface area contributed by atoms with Crippen molar-refractivity contribution in [3.63, 3.8) is 0 Å². The second-order valence-electron chi connectivity index (χ2n) is 5.43. The van der Waals surface area contributed by atoms with Crippen LogP contribution in [0.2, 0.25) is 4.34 Å². The zero-order chi connectivity index (χ0) is 16.0. The van der Waals surface area contributed by atoms with E-state index in [-0.39, 0.29) is 15.7 Å². The molecule has 0 bridgehead atoms. The number of morpholine rings is 1. The van der Waals surface area contributed by atoms with Gasteiger partial charge in [0.2, 0.25) is 0 Å². The fourth-order valence-electron chi connectivity index (χ4n) is 2.94. The van der Waals surface area contributed by atoms with Crippen LogP contribution in [0.3, 0.4) is 0 Å². The summed E-state index contributed by atoms with van der Waals surface area (Å²) in [6.07, 6.45) is 0. The molecule has 0 aliphatic carbocycles. The second kappa shape index (κ2) is 6.03. The molecular formula is C12H16ClNO5S3. The molecule has 0 spiro atoms. The van der Waals surface area contributed by atoms with Crippen LogP contribution in [0, 0.1) is 0 Å². The van der Waals surface area contributed by atoms with Gasteiger partial charge in [-0.05, 0) is 12.1 Å². The quantitative estimate of drug-likeness (QED) is 0.760. The molecule has 0 radical (unpaired) electrons. The smallest absolute Gasteiger partial charge is 0.193 e. The van der Waals surface area contributed by atoms with Gasteiger partial charge in [0.15, 0.2) is 19.7 Å². The number of nitrogens with zero attached hydrogens (tertiary/aromatic N) is 1. The third-order valence-corrected chi connectivity index (χ3v) is 9.89. The zero-order valence-electron chi connectivity index (χ0n) is 11.6. The summed E-state index contributed by atoms with van der Waals surface area (Å²) in [7, 11) is -7.08. The summed E-state index contributed by atoms with van der Waals surface area (Å²) in [6.45, 7) is 2.09. The van der Waals surface area contributed by atoms with Gasteiger partial charge < -0.3 is 4.74 Å². The van der Waals surface area contributed by atoms with Crippen LogP contribution >= 0.6 is 22.9 Å². The molecule has 2 fully saturated rings. The number of hydrogen-bond donors (Lipinski definition) is 0. The molecule has 0 aromatic carbocycles. The molecule has 1 aromatic rings. The molecule has 6 nitrogen and oxygen atoms in total. The Bertz CT molecular complexity index is 751. The van der Waals surface area contributed by atoms with Crippen molar-refractivity contribution in [2.75, 3.05) is 37.8 Å². The number of rotatable bonds is 3. The summed E-state index contributed by atoms with van der Waals surface area (Å²) in [5.41, 5.74) is 0. The molecule has 2 atom stereocenters. The SMILES string of the molecule is O=S1(=O)C[C@H](N2CCOCC2)[C@@H](S(=O)(=O)c2ccc(Cl)s2)C1. The van der Waals surface area contributed by atoms with Crippen molar-refractivity contribution in [2.45, 2.75) is 15.5 Å². The maximum absolute atomic E-state index is 12.8. The van der Waals surface area contributed by atoms with Gasteiger partial charge in [0.1, 0.15) is 4.21 Å². The predicted octanol–water partition coefficient (Wildman–Crippen LogP) is 0.673. The van der Waals surface area contributed by atoms with Crippen LogP contribution in [0.15, 0.2) is 16.3 Å². The molecular weight excluding hydrogens is 370 g/mol. The van der Waals surface area contributed by atoms with E-state index >= 15 is 0 Å². The molecule has 124 valence electrons. The third-order valence-electron chi connectivity index (χ3n) is 4.01. The third kappa shape index (κ3) is 3.20. The van der Waals surface area contributed by atoms with Gasteiger partial charge in [-0.2, -0.15) is 0 Å². The van der Waals surface area contributed by atoms with Crippen molar-refractivity contribution < 1.29 is 21.6 Å². The Kier molecular flexibility index (Phi) is 4.56. The molecule has 0 N–H and O–H groups in total. The van der Waals surface area contributed by atoms with E-state index in [2.05, 4.69) is 0 Å². The van der Waals surface area contributed by atoms with Gasteiger partial charge in [0, 0.05) is 19.1 Å². The summed E-state index contributed by atoms with van der Waals surface area (Å²) < 4.78 is 55.5. The van der Waals surface area contributed by atoms with Gasteiger partial charge in [0.05, 0.1) is 34.3 Å². The number of sulfone groups is 2. The monoisotopic (exact) mass is 385 g/mol. The van der Waals surface area contributed by atoms with Gasteiger partial charge in [-0.3, -0.25) is 4.90 Å². The Morgan fingerprint density at radius 1 is 1.23 bits per heavy atom. The molecule has 0 saturated carbocycles. The van der Waals surface area contributed by atoms with Gasteiger partial charge in [-0.25, -0.2) is 16.8 Å². The van der Waals surface area contributed by atoms with Crippen molar-refractivity contribution in [2.24, 2.45) is 0 Å². The lowest BCUT2D eigenvalue weighted by Crippen LogP contribution is -2.50. The van der Waals surface area contributed by atoms with Gasteiger partial charge in [-0.1, -0.05) is 11.6 Å². The minimum Gasteiger partial charge on any atom is -0.379 e. The lowest BCUT2D eigenvalue weighted by Gasteiger charge is -2.34. The van der Waals surface area contributed by atoms with Crippen LogP contribution in [0.5, 0.6) is 0 Å². The summed E-state index contributed by atoms with van der Waals surface area (Å²) in [6, 6.07) is 2.45. The molecule has 2 aliphatic heterocycles. The molecule has 1 aromatic heterocycles. The molecule has 3 rings (SSSR count). The summed E-state index contributed by atoms with van der Waals surface area (Å²) in [5, 5.41) is -0.940. The first-order valence-corrected chi connectivity index (χ1v) is 11.4. The molecule has 2 aliphatic rings. The predicted molar refractivity (Wildman–Crippen MR) is 85.1 cm³/mol. The Morgan fingerprint density at radius 2 is 1.91 bits per heavy atom. The Balaban J connectivity index is 1.95. The van der Waals surface area contributed by atoms with E-state index in [1.54, 1.807) is 0 Å². The van der Waals surface area contributed by atoms with Crippen molar-refractivity contribution in [3.8, 4) is 0 Å². The van der Waals surface area contributed by atoms with Crippen molar-refractivity contribution in [1.82, 2.24) is 4.90 Å². The van der Waals surface area contributed by atoms with E-state index in [4.69, 9.17) is 16.3 Å². The first-order valence-electron chi connectivity index (χ1n) is 6.81. The molecule has 10 heteroatoms. The topological polar surface area (TPSA) is 80.8 Å². The van der Waals surface area contributed by atoms with Crippen LogP contribution in [0.4, 0.5) is 0 Å². The fraction of sp³-hybridized carbons (Fsp3) is 0.667. The maximum Gasteiger partial charge on any atom is 0.193 e. The number of thiophene rings is 1. The number of hydrogen-bond acceptors (Lipinski definition) is 7. The van der Waals surface area contributed by atoms with Crippen molar-refractivity contribution >= 4 is 42.6 Å². The van der Waals surface area contributed by atoms with E-state index in [0.29, 0.717) is 30.6 Å². The summed E-state index contributed by atoms with van der Waals surface area (Å²) in [5.74, 6) is -0.442. The van der Waals surface area contributed by atoms with Crippen LogP contribution in [0.25, 0.3) is 0 Å². The van der Waals surface area contributed by atoms with Crippen LogP contribution in [-0.2, 0) is 24.4 Å². The van der Waals surface area contributed by atoms with Crippen molar-refractivity contribution in [1.29, 1.82) is 0 Å². The molecule has 2 saturated heterocycles. The van der Waals surface area contributed by atoms with Gasteiger partial charge >= 0.3 is 0 Å². The molecule has 0 amide bonds. The van der Waals surface area contributed by atoms with Gasteiger partial charge in [-0.15, -0.1) is 11.3 Å². The minimum atomic E-state index is -3.71. The molecule has 22 heavy (non-hydrogen) atoms. The standard InChI is InChI=1S/C12H16ClNO5S3/c13-11-1-2-12(20-11)22(17,18)10-8-21(15,16)7-9(10)14-3-5-19-6-4-14/h1-2,9-10H,3-8H2/t9-,10-/m0/s1. The summed E-state index contributed by atoms with van der Waals surface area (Å²) in [4.78, 5) is 1.92. The average molecular weight is 386 g/mol. The lowest BCUT2D eigenvalue weighted by atomic mass is 10.2. The first kappa shape index (κ1) is 16.7. The highest BCUT2D eigenvalue weighted by atomic mass is 35.5. The number of halogens is 1. The van der Waals surface area contributed by atoms with Crippen LogP contribution < -0.4 is 0 Å². The van der Waals surface area contributed by atoms with E-state index in [0.717, 1.165) is 11.3 Å². The fourth-order valence-corrected chi connectivity index (χ4v) is 9.48. The lowest BCUT2D eigenvalue weighted by molar-refractivity contribution is 0.0222. The van der Waals surface area contributed by atoms with Gasteiger partial charge in [0.25, 0.3) is 0 Å². The average Bonchev–Trinajstić information content (AvgIpc) is 3.04. The summed E-state index contributed by atoms with van der Waals surface area (Å²) >= 11 is 6.79. The Labute approximate surface area is 138 Å². The number of ether oxygens (including phenoxy) is 1. The van der Waals surface area contributed by atoms with E-state index < -0.39 is 31.0 Å². The maximum atomic E-state index is 12.8. The normalized spacial score (nSPS) is 29.7. The van der Waals surface area contributed by atoms with E-state index in [9.17, 15) is 16.8 Å². The highest BCUT2D eigenvalue weighted by molar-refractivity contribution is 7.97.